The number of hydrogen-bond donors (Lipinski definition) is 2. The van der Waals surface area contributed by atoms with Gasteiger partial charge in [-0.25, -0.2) is 9.97 Å². The van der Waals surface area contributed by atoms with Crippen LogP contribution >= 0.6 is 0 Å². The van der Waals surface area contributed by atoms with Crippen molar-refractivity contribution in [3.05, 3.63) is 42.0 Å². The molecular weight excluding hydrogens is 226 g/mol. The highest BCUT2D eigenvalue weighted by molar-refractivity contribution is 5.47. The van der Waals surface area contributed by atoms with E-state index < -0.39 is 0 Å². The van der Waals surface area contributed by atoms with Crippen molar-refractivity contribution in [3.63, 3.8) is 0 Å². The summed E-state index contributed by atoms with van der Waals surface area (Å²) in [5.74, 6) is 2.47. The van der Waals surface area contributed by atoms with Gasteiger partial charge in [-0.15, -0.1) is 0 Å². The average Bonchev–Trinajstić information content (AvgIpc) is 2.45. The molecule has 94 valence electrons. The van der Waals surface area contributed by atoms with Gasteiger partial charge >= 0.3 is 0 Å². The lowest BCUT2D eigenvalue weighted by Gasteiger charge is -2.08. The largest absolute Gasteiger partial charge is 0.373 e. The minimum Gasteiger partial charge on any atom is -0.373 e. The Hall–Kier alpha value is -2.17. The van der Waals surface area contributed by atoms with Crippen LogP contribution in [0.4, 0.5) is 11.6 Å². The summed E-state index contributed by atoms with van der Waals surface area (Å²) < 4.78 is 0. The third kappa shape index (κ3) is 3.16. The number of aromatic nitrogens is 3. The van der Waals surface area contributed by atoms with Crippen LogP contribution in [0.2, 0.25) is 0 Å². The quantitative estimate of drug-likeness (QED) is 0.842. The van der Waals surface area contributed by atoms with Crippen molar-refractivity contribution >= 4 is 11.6 Å². The lowest BCUT2D eigenvalue weighted by atomic mass is 10.3. The van der Waals surface area contributed by atoms with E-state index in [0.29, 0.717) is 6.54 Å². The van der Waals surface area contributed by atoms with Crippen LogP contribution in [0.1, 0.15) is 18.4 Å². The van der Waals surface area contributed by atoms with E-state index in [9.17, 15) is 0 Å². The summed E-state index contributed by atoms with van der Waals surface area (Å²) in [5, 5.41) is 6.29. The lowest BCUT2D eigenvalue weighted by molar-refractivity contribution is 0.929. The van der Waals surface area contributed by atoms with E-state index in [1.807, 2.05) is 38.2 Å². The van der Waals surface area contributed by atoms with Crippen LogP contribution < -0.4 is 10.6 Å². The Bertz CT molecular complexity index is 476. The zero-order valence-corrected chi connectivity index (χ0v) is 10.6. The highest BCUT2D eigenvalue weighted by Gasteiger charge is 2.02. The molecule has 2 aromatic heterocycles. The molecule has 0 radical (unpaired) electrons. The molecule has 0 fully saturated rings. The van der Waals surface area contributed by atoms with Gasteiger partial charge in [0.2, 0.25) is 0 Å². The first kappa shape index (κ1) is 12.3. The highest BCUT2D eigenvalue weighted by atomic mass is 15.1. The molecular formula is C13H17N5. The Morgan fingerprint density at radius 3 is 2.67 bits per heavy atom. The molecule has 0 aliphatic rings. The molecule has 0 saturated heterocycles. The summed E-state index contributed by atoms with van der Waals surface area (Å²) in [6, 6.07) is 7.75. The Morgan fingerprint density at radius 2 is 2.00 bits per heavy atom. The van der Waals surface area contributed by atoms with Crippen molar-refractivity contribution in [2.24, 2.45) is 0 Å². The van der Waals surface area contributed by atoms with Gasteiger partial charge in [0.25, 0.3) is 0 Å². The summed E-state index contributed by atoms with van der Waals surface area (Å²) in [6.45, 7) is 2.70. The molecule has 0 aliphatic carbocycles. The zero-order valence-electron chi connectivity index (χ0n) is 10.6. The maximum Gasteiger partial charge on any atom is 0.132 e. The summed E-state index contributed by atoms with van der Waals surface area (Å²) in [6.07, 6.45) is 2.60. The first-order valence-electron chi connectivity index (χ1n) is 6.01. The predicted octanol–water partition coefficient (Wildman–Crippen LogP) is 2.09. The molecule has 0 aromatic carbocycles. The first-order valence-corrected chi connectivity index (χ1v) is 6.01. The SMILES string of the molecule is CCc1nc(NC)cc(NCc2ccccn2)n1. The standard InChI is InChI=1S/C13H17N5/c1-3-11-17-12(14-2)8-13(18-11)16-9-10-6-4-5-7-15-10/h4-8H,3,9H2,1-2H3,(H2,14,16,17,18). The van der Waals surface area contributed by atoms with Crippen LogP contribution in [-0.4, -0.2) is 22.0 Å². The van der Waals surface area contributed by atoms with Gasteiger partial charge in [-0.2, -0.15) is 0 Å². The Morgan fingerprint density at radius 1 is 1.17 bits per heavy atom. The topological polar surface area (TPSA) is 62.7 Å². The number of anilines is 2. The normalized spacial score (nSPS) is 10.1. The van der Waals surface area contributed by atoms with Crippen molar-refractivity contribution in [2.75, 3.05) is 17.7 Å². The van der Waals surface area contributed by atoms with Gasteiger partial charge in [-0.1, -0.05) is 13.0 Å². The zero-order chi connectivity index (χ0) is 12.8. The maximum absolute atomic E-state index is 4.42. The van der Waals surface area contributed by atoms with E-state index >= 15 is 0 Å². The van der Waals surface area contributed by atoms with E-state index in [-0.39, 0.29) is 0 Å². The van der Waals surface area contributed by atoms with E-state index in [2.05, 4.69) is 25.6 Å². The Kier molecular flexibility index (Phi) is 4.06. The molecule has 0 saturated carbocycles. The summed E-state index contributed by atoms with van der Waals surface area (Å²) >= 11 is 0. The van der Waals surface area contributed by atoms with Crippen molar-refractivity contribution in [3.8, 4) is 0 Å². The first-order chi connectivity index (χ1) is 8.81. The second kappa shape index (κ2) is 5.95. The minimum atomic E-state index is 0.657. The fourth-order valence-electron chi connectivity index (χ4n) is 1.56. The molecule has 2 N–H and O–H groups in total. The monoisotopic (exact) mass is 243 g/mol. The van der Waals surface area contributed by atoms with E-state index in [1.165, 1.54) is 0 Å². The molecule has 0 amide bonds. The van der Waals surface area contributed by atoms with Crippen LogP contribution in [0, 0.1) is 0 Å². The van der Waals surface area contributed by atoms with Gasteiger partial charge < -0.3 is 10.6 Å². The predicted molar refractivity (Wildman–Crippen MR) is 72.5 cm³/mol. The molecule has 0 spiro atoms. The van der Waals surface area contributed by atoms with Crippen molar-refractivity contribution in [2.45, 2.75) is 19.9 Å². The van der Waals surface area contributed by atoms with Crippen molar-refractivity contribution in [1.82, 2.24) is 15.0 Å². The third-order valence-corrected chi connectivity index (χ3v) is 2.52. The van der Waals surface area contributed by atoms with Crippen LogP contribution in [0.5, 0.6) is 0 Å². The van der Waals surface area contributed by atoms with Gasteiger partial charge in [0.1, 0.15) is 17.5 Å². The highest BCUT2D eigenvalue weighted by Crippen LogP contribution is 2.12. The van der Waals surface area contributed by atoms with Gasteiger partial charge in [-0.3, -0.25) is 4.98 Å². The van der Waals surface area contributed by atoms with Crippen LogP contribution in [0.25, 0.3) is 0 Å². The maximum atomic E-state index is 4.42. The molecule has 0 unspecified atom stereocenters. The van der Waals surface area contributed by atoms with E-state index in [0.717, 1.165) is 29.6 Å². The second-order valence-corrected chi connectivity index (χ2v) is 3.83. The Labute approximate surface area is 107 Å². The molecule has 0 atom stereocenters. The number of rotatable bonds is 5. The molecule has 0 bridgehead atoms. The van der Waals surface area contributed by atoms with E-state index in [1.54, 1.807) is 6.20 Å². The van der Waals surface area contributed by atoms with Gasteiger partial charge in [0, 0.05) is 25.7 Å². The molecule has 2 rings (SSSR count). The minimum absolute atomic E-state index is 0.657. The van der Waals surface area contributed by atoms with Crippen molar-refractivity contribution < 1.29 is 0 Å². The van der Waals surface area contributed by atoms with Crippen LogP contribution in [0.15, 0.2) is 30.5 Å². The second-order valence-electron chi connectivity index (χ2n) is 3.83. The smallest absolute Gasteiger partial charge is 0.132 e. The summed E-state index contributed by atoms with van der Waals surface area (Å²) in [4.78, 5) is 13.0. The van der Waals surface area contributed by atoms with Crippen LogP contribution in [0.3, 0.4) is 0 Å². The number of nitrogens with zero attached hydrogens (tertiary/aromatic N) is 3. The fourth-order valence-corrected chi connectivity index (χ4v) is 1.56. The Balaban J connectivity index is 2.09. The molecule has 18 heavy (non-hydrogen) atoms. The summed E-state index contributed by atoms with van der Waals surface area (Å²) in [7, 11) is 1.85. The van der Waals surface area contributed by atoms with Gasteiger partial charge in [0.15, 0.2) is 0 Å². The van der Waals surface area contributed by atoms with Gasteiger partial charge in [-0.05, 0) is 12.1 Å². The van der Waals surface area contributed by atoms with Gasteiger partial charge in [0.05, 0.1) is 12.2 Å². The molecule has 5 heteroatoms. The number of aryl methyl sites for hydroxylation is 1. The fraction of sp³-hybridized carbons (Fsp3) is 0.308. The third-order valence-electron chi connectivity index (χ3n) is 2.52. The molecule has 5 nitrogen and oxygen atoms in total. The van der Waals surface area contributed by atoms with Crippen molar-refractivity contribution in [1.29, 1.82) is 0 Å². The van der Waals surface area contributed by atoms with Crippen LogP contribution in [-0.2, 0) is 13.0 Å². The number of pyridine rings is 1. The van der Waals surface area contributed by atoms with E-state index in [4.69, 9.17) is 0 Å². The average molecular weight is 243 g/mol. The summed E-state index contributed by atoms with van der Waals surface area (Å²) in [5.41, 5.74) is 0.986. The number of nitrogens with one attached hydrogen (secondary N) is 2. The number of hydrogen-bond acceptors (Lipinski definition) is 5. The molecule has 2 aromatic rings. The lowest BCUT2D eigenvalue weighted by Crippen LogP contribution is -2.07. The molecule has 0 aliphatic heterocycles. The molecule has 2 heterocycles.